The molecule has 2 aromatic carbocycles. The number of rotatable bonds is 3. The van der Waals surface area contributed by atoms with Crippen molar-refractivity contribution in [3.05, 3.63) is 69.7 Å². The average molecular weight is 359 g/mol. The molecule has 2 nitrogen and oxygen atoms in total. The molecule has 3 rings (SSSR count). The number of nitrogens with one attached hydrogen (secondary N) is 1. The second kappa shape index (κ2) is 7.20. The Balaban J connectivity index is 0.00000176. The summed E-state index contributed by atoms with van der Waals surface area (Å²) in [4.78, 5) is 0. The van der Waals surface area contributed by atoms with Crippen LogP contribution in [0.5, 0.6) is 0 Å². The number of hydrogen-bond acceptors (Lipinski definition) is 2. The number of halogens is 3. The Morgan fingerprint density at radius 2 is 1.55 bits per heavy atom. The average Bonchev–Trinajstić information content (AvgIpc) is 3.01. The fourth-order valence-corrected chi connectivity index (χ4v) is 3.44. The lowest BCUT2D eigenvalue weighted by Crippen LogP contribution is -2.46. The van der Waals surface area contributed by atoms with Gasteiger partial charge >= 0.3 is 0 Å². The number of hydrogen-bond donors (Lipinski definition) is 2. The Labute approximate surface area is 146 Å². The smallest absolute Gasteiger partial charge is 0.130 e. The van der Waals surface area contributed by atoms with E-state index in [9.17, 15) is 5.11 Å². The van der Waals surface area contributed by atoms with Gasteiger partial charge in [-0.25, -0.2) is 0 Å². The van der Waals surface area contributed by atoms with Gasteiger partial charge in [0.2, 0.25) is 0 Å². The molecular formula is C17H18Cl3NO. The third-order valence-electron chi connectivity index (χ3n) is 4.09. The summed E-state index contributed by atoms with van der Waals surface area (Å²) in [6.45, 7) is 0.911. The van der Waals surface area contributed by atoms with Gasteiger partial charge in [-0.05, 0) is 54.8 Å². The van der Waals surface area contributed by atoms with Gasteiger partial charge in [0, 0.05) is 16.1 Å². The van der Waals surface area contributed by atoms with Crippen LogP contribution in [0.4, 0.5) is 0 Å². The summed E-state index contributed by atoms with van der Waals surface area (Å²) >= 11 is 12.2. The predicted molar refractivity (Wildman–Crippen MR) is 94.2 cm³/mol. The van der Waals surface area contributed by atoms with Crippen LogP contribution in [0.3, 0.4) is 0 Å². The first kappa shape index (κ1) is 17.6. The monoisotopic (exact) mass is 357 g/mol. The van der Waals surface area contributed by atoms with Crippen LogP contribution in [-0.2, 0) is 5.60 Å². The largest absolute Gasteiger partial charge is 0.379 e. The fraction of sp³-hybridized carbons (Fsp3) is 0.294. The van der Waals surface area contributed by atoms with E-state index in [0.717, 1.165) is 30.5 Å². The summed E-state index contributed by atoms with van der Waals surface area (Å²) in [7, 11) is 0. The summed E-state index contributed by atoms with van der Waals surface area (Å²) < 4.78 is 0. The molecule has 0 saturated carbocycles. The Morgan fingerprint density at radius 1 is 1.00 bits per heavy atom. The first-order chi connectivity index (χ1) is 10.1. The lowest BCUT2D eigenvalue weighted by molar-refractivity contribution is 0.0442. The van der Waals surface area contributed by atoms with Crippen LogP contribution < -0.4 is 5.32 Å². The highest BCUT2D eigenvalue weighted by atomic mass is 35.5. The molecule has 1 saturated heterocycles. The van der Waals surface area contributed by atoms with Gasteiger partial charge in [0.15, 0.2) is 0 Å². The SMILES string of the molecule is Cl.OC(c1cccc(Cl)c1)(c1cccc(Cl)c1)C1CCCN1. The van der Waals surface area contributed by atoms with Gasteiger partial charge in [0.1, 0.15) is 5.60 Å². The lowest BCUT2D eigenvalue weighted by Gasteiger charge is -2.35. The van der Waals surface area contributed by atoms with Crippen molar-refractivity contribution in [1.29, 1.82) is 0 Å². The van der Waals surface area contributed by atoms with Crippen molar-refractivity contribution in [3.63, 3.8) is 0 Å². The van der Waals surface area contributed by atoms with E-state index in [0.29, 0.717) is 10.0 Å². The van der Waals surface area contributed by atoms with E-state index in [1.54, 1.807) is 0 Å². The minimum atomic E-state index is -1.13. The van der Waals surface area contributed by atoms with Crippen molar-refractivity contribution in [3.8, 4) is 0 Å². The van der Waals surface area contributed by atoms with Crippen molar-refractivity contribution in [2.24, 2.45) is 0 Å². The molecule has 2 N–H and O–H groups in total. The summed E-state index contributed by atoms with van der Waals surface area (Å²) in [5.41, 5.74) is 0.445. The van der Waals surface area contributed by atoms with Crippen molar-refractivity contribution in [1.82, 2.24) is 5.32 Å². The third kappa shape index (κ3) is 3.27. The van der Waals surface area contributed by atoms with E-state index in [4.69, 9.17) is 23.2 Å². The van der Waals surface area contributed by atoms with Gasteiger partial charge in [-0.3, -0.25) is 0 Å². The zero-order valence-corrected chi connectivity index (χ0v) is 14.3. The van der Waals surface area contributed by atoms with Crippen LogP contribution in [0.2, 0.25) is 10.0 Å². The molecule has 1 aliphatic rings. The van der Waals surface area contributed by atoms with Gasteiger partial charge < -0.3 is 10.4 Å². The zero-order valence-electron chi connectivity index (χ0n) is 11.9. The molecule has 0 bridgehead atoms. The molecular weight excluding hydrogens is 341 g/mol. The van der Waals surface area contributed by atoms with E-state index < -0.39 is 5.60 Å². The third-order valence-corrected chi connectivity index (χ3v) is 4.56. The standard InChI is InChI=1S/C17H17Cl2NO.ClH/c18-14-6-1-4-12(10-14)17(21,16-8-3-9-20-16)13-5-2-7-15(19)11-13;/h1-2,4-7,10-11,16,20-21H,3,8-9H2;1H. The summed E-state index contributed by atoms with van der Waals surface area (Å²) in [5.74, 6) is 0. The molecule has 5 heteroatoms. The molecule has 1 aliphatic heterocycles. The van der Waals surface area contributed by atoms with E-state index in [1.807, 2.05) is 48.5 Å². The maximum atomic E-state index is 11.5. The minimum absolute atomic E-state index is 0. The highest BCUT2D eigenvalue weighted by molar-refractivity contribution is 6.31. The first-order valence-electron chi connectivity index (χ1n) is 7.08. The summed E-state index contributed by atoms with van der Waals surface area (Å²) in [6, 6.07) is 14.8. The maximum Gasteiger partial charge on any atom is 0.130 e. The van der Waals surface area contributed by atoms with Crippen LogP contribution in [0.25, 0.3) is 0 Å². The predicted octanol–water partition coefficient (Wildman–Crippen LogP) is 4.40. The molecule has 1 heterocycles. The van der Waals surface area contributed by atoms with E-state index in [2.05, 4.69) is 5.32 Å². The van der Waals surface area contributed by atoms with Crippen molar-refractivity contribution < 1.29 is 5.11 Å². The zero-order chi connectivity index (χ0) is 14.9. The van der Waals surface area contributed by atoms with E-state index >= 15 is 0 Å². The molecule has 0 spiro atoms. The topological polar surface area (TPSA) is 32.3 Å². The van der Waals surface area contributed by atoms with Gasteiger partial charge in [0.05, 0.1) is 0 Å². The molecule has 0 amide bonds. The van der Waals surface area contributed by atoms with E-state index in [-0.39, 0.29) is 18.4 Å². The van der Waals surface area contributed by atoms with Crippen molar-refractivity contribution in [2.45, 2.75) is 24.5 Å². The second-order valence-electron chi connectivity index (χ2n) is 5.44. The quantitative estimate of drug-likeness (QED) is 0.852. The van der Waals surface area contributed by atoms with Gasteiger partial charge in [-0.2, -0.15) is 0 Å². The Kier molecular flexibility index (Phi) is 5.76. The molecule has 0 aliphatic carbocycles. The number of aliphatic hydroxyl groups is 1. The maximum absolute atomic E-state index is 11.5. The molecule has 1 atom stereocenters. The summed E-state index contributed by atoms with van der Waals surface area (Å²) in [5, 5.41) is 16.2. The normalized spacial score (nSPS) is 18.0. The Morgan fingerprint density at radius 3 is 1.95 bits per heavy atom. The molecule has 2 aromatic rings. The van der Waals surface area contributed by atoms with Gasteiger partial charge in [0.25, 0.3) is 0 Å². The Hall–Kier alpha value is -0.770. The minimum Gasteiger partial charge on any atom is -0.379 e. The first-order valence-corrected chi connectivity index (χ1v) is 7.84. The fourth-order valence-electron chi connectivity index (χ4n) is 3.06. The molecule has 1 fully saturated rings. The van der Waals surface area contributed by atoms with Crippen molar-refractivity contribution in [2.75, 3.05) is 6.54 Å². The molecule has 1 unspecified atom stereocenters. The lowest BCUT2D eigenvalue weighted by atomic mass is 9.79. The molecule has 0 radical (unpaired) electrons. The molecule has 22 heavy (non-hydrogen) atoms. The van der Waals surface area contributed by atoms with Gasteiger partial charge in [-0.1, -0.05) is 47.5 Å². The second-order valence-corrected chi connectivity index (χ2v) is 6.31. The summed E-state index contributed by atoms with van der Waals surface area (Å²) in [6.07, 6.45) is 1.96. The highest BCUT2D eigenvalue weighted by Gasteiger charge is 2.41. The molecule has 118 valence electrons. The van der Waals surface area contributed by atoms with Crippen LogP contribution in [-0.4, -0.2) is 17.7 Å². The van der Waals surface area contributed by atoms with Crippen molar-refractivity contribution >= 4 is 35.6 Å². The highest BCUT2D eigenvalue weighted by Crippen LogP contribution is 2.38. The van der Waals surface area contributed by atoms with Gasteiger partial charge in [-0.15, -0.1) is 12.4 Å². The van der Waals surface area contributed by atoms with Crippen LogP contribution in [0.1, 0.15) is 24.0 Å². The van der Waals surface area contributed by atoms with Crippen LogP contribution >= 0.6 is 35.6 Å². The molecule has 0 aromatic heterocycles. The Bertz CT molecular complexity index is 596. The number of benzene rings is 2. The van der Waals surface area contributed by atoms with Crippen LogP contribution in [0.15, 0.2) is 48.5 Å². The van der Waals surface area contributed by atoms with Crippen LogP contribution in [0, 0.1) is 0 Å². The van der Waals surface area contributed by atoms with E-state index in [1.165, 1.54) is 0 Å².